The molecule has 1 aliphatic rings. The van der Waals surface area contributed by atoms with Gasteiger partial charge in [0.2, 0.25) is 0 Å². The highest BCUT2D eigenvalue weighted by atomic mass is 32.4. The van der Waals surface area contributed by atoms with Gasteiger partial charge >= 0.3 is 0 Å². The fraction of sp³-hybridized carbons (Fsp3) is 0.128. The SMILES string of the molecule is C#CC#CC#CC#CC#C.C#CC#CC#CC#CC#CC.C#CC#CC#CC#CC#CC#CC.CC#CC#CC#CC#CC#CC.COc1cc(C)c2c(ccn2P(P)P)c1C=O.Cc1cc(O)c(C=O)c2ccn(P(P)P)c12.Cc1cc(O)cc2cc[nH]c12.Cc1cc(O)cc2ccn(P(P)P)c12.Cc1cccc2c1NCC2. The Kier molecular flexibility index (Phi) is 49.7. The van der Waals surface area contributed by atoms with E-state index in [-0.39, 0.29) is 13.2 Å². The first-order chi connectivity index (χ1) is 55.1. The number of terminal acetylenes is 4. The van der Waals surface area contributed by atoms with Crippen molar-refractivity contribution in [1.82, 2.24) is 18.0 Å². The van der Waals surface area contributed by atoms with Gasteiger partial charge in [0.25, 0.3) is 0 Å². The molecule has 5 aromatic carbocycles. The molecular weight excluding hydrogens is 1570 g/mol. The molecule has 0 amide bonds. The Bertz CT molecular complexity index is 6330. The van der Waals surface area contributed by atoms with Gasteiger partial charge in [-0.3, -0.25) is 9.59 Å². The summed E-state index contributed by atoms with van der Waals surface area (Å²) < 4.78 is 11.7. The molecule has 0 saturated heterocycles. The number of methoxy groups -OCH3 is 1. The maximum Gasteiger partial charge on any atom is 0.154 e. The predicted molar refractivity (Wildman–Crippen MR) is 504 cm³/mol. The summed E-state index contributed by atoms with van der Waals surface area (Å²) in [6.45, 7) is 18.1. The molecule has 114 heavy (non-hydrogen) atoms. The Morgan fingerprint density at radius 2 is 0.781 bits per heavy atom. The van der Waals surface area contributed by atoms with Crippen LogP contribution in [-0.4, -0.2) is 59.5 Å². The third-order valence-corrected chi connectivity index (χ3v) is 20.7. The fourth-order valence-electron chi connectivity index (χ4n) is 9.41. The number of aromatic amines is 1. The number of para-hydroxylation sites is 1. The van der Waals surface area contributed by atoms with Crippen molar-refractivity contribution in [3.63, 3.8) is 0 Å². The van der Waals surface area contributed by atoms with Crippen LogP contribution in [0.4, 0.5) is 5.69 Å². The van der Waals surface area contributed by atoms with Crippen LogP contribution >= 0.6 is 75.9 Å². The van der Waals surface area contributed by atoms with Crippen molar-refractivity contribution >= 4 is 138 Å². The molecule has 10 rings (SSSR count). The normalized spacial score (nSPS) is 8.41. The lowest BCUT2D eigenvalue weighted by molar-refractivity contribution is 0.111. The molecule has 0 spiro atoms. The quantitative estimate of drug-likeness (QED) is 0.0633. The second-order valence-electron chi connectivity index (χ2n) is 21.3. The number of fused-ring (bicyclic) bond motifs is 5. The van der Waals surface area contributed by atoms with Gasteiger partial charge in [0.1, 0.15) is 23.0 Å². The highest BCUT2D eigenvalue weighted by Crippen LogP contribution is 2.57. The molecule has 556 valence electrons. The molecule has 0 bridgehead atoms. The number of nitrogens with zero attached hydrogens (tertiary/aromatic N) is 3. The van der Waals surface area contributed by atoms with Gasteiger partial charge in [-0.25, -0.2) is 0 Å². The smallest absolute Gasteiger partial charge is 0.154 e. The van der Waals surface area contributed by atoms with Crippen molar-refractivity contribution in [3.05, 3.63) is 148 Å². The molecule has 0 aliphatic carbocycles. The fourth-order valence-corrected chi connectivity index (χ4v) is 15.0. The topological polar surface area (TPSA) is 147 Å². The number of anilines is 1. The molecule has 0 radical (unpaired) electrons. The maximum atomic E-state index is 11.2. The number of rotatable bonds is 6. The third-order valence-electron chi connectivity index (χ3n) is 13.8. The number of aldehydes is 2. The molecule has 0 fully saturated rings. The minimum Gasteiger partial charge on any atom is -0.508 e. The summed E-state index contributed by atoms with van der Waals surface area (Å²) in [4.78, 5) is 25.3. The lowest BCUT2D eigenvalue weighted by atomic mass is 10.1. The van der Waals surface area contributed by atoms with E-state index < -0.39 is 14.9 Å². The zero-order chi connectivity index (χ0) is 84.4. The van der Waals surface area contributed by atoms with Gasteiger partial charge in [-0.2, -0.15) is 0 Å². The van der Waals surface area contributed by atoms with Crippen LogP contribution in [0.5, 0.6) is 23.0 Å². The van der Waals surface area contributed by atoms with Crippen LogP contribution in [0.3, 0.4) is 0 Å². The van der Waals surface area contributed by atoms with E-state index in [0.717, 1.165) is 73.2 Å². The Morgan fingerprint density at radius 3 is 1.17 bits per heavy atom. The number of aromatic hydroxyl groups is 3. The van der Waals surface area contributed by atoms with Gasteiger partial charge in [-0.05, 0) is 364 Å². The first kappa shape index (κ1) is 97.3. The molecule has 5 N–H and O–H groups in total. The van der Waals surface area contributed by atoms with Crippen LogP contribution in [0, 0.1) is 285 Å². The van der Waals surface area contributed by atoms with Gasteiger partial charge in [0.05, 0.1) is 34.8 Å². The number of benzene rings is 5. The minimum absolute atomic E-state index is 0.0505. The number of hydrogen-bond acceptors (Lipinski definition) is 7. The van der Waals surface area contributed by atoms with Crippen molar-refractivity contribution in [2.45, 2.75) is 68.7 Å². The number of carbonyl (C=O) groups excluding carboxylic acids is 2. The van der Waals surface area contributed by atoms with Crippen LogP contribution in [0.25, 0.3) is 43.6 Å². The average molecular weight is 1650 g/mol. The highest BCUT2D eigenvalue weighted by Gasteiger charge is 2.17. The van der Waals surface area contributed by atoms with E-state index >= 15 is 0 Å². The number of nitrogens with one attached hydrogen (secondary N) is 2. The van der Waals surface area contributed by atoms with Gasteiger partial charge in [0.15, 0.2) is 12.6 Å². The summed E-state index contributed by atoms with van der Waals surface area (Å²) in [5.41, 5.74) is 13.9. The van der Waals surface area contributed by atoms with E-state index in [1.54, 1.807) is 65.1 Å². The first-order valence-corrected chi connectivity index (χ1v) is 46.4. The molecule has 4 aromatic heterocycles. The summed E-state index contributed by atoms with van der Waals surface area (Å²) in [5, 5.41) is 35.6. The largest absolute Gasteiger partial charge is 0.508 e. The molecule has 20 heteroatoms. The Hall–Kier alpha value is -12.8. The van der Waals surface area contributed by atoms with Crippen LogP contribution in [0.2, 0.25) is 0 Å². The second kappa shape index (κ2) is 58.2. The summed E-state index contributed by atoms with van der Waals surface area (Å²) in [5.74, 6) is 94.2. The number of hydrogen-bond donors (Lipinski definition) is 5. The molecular formula is C94H74N5O6P9. The summed E-state index contributed by atoms with van der Waals surface area (Å²) in [6.07, 6.45) is 30.0. The molecule has 6 atom stereocenters. The number of phenols is 3. The number of aromatic nitrogens is 4. The van der Waals surface area contributed by atoms with Crippen LogP contribution in [-0.2, 0) is 6.42 Å². The van der Waals surface area contributed by atoms with E-state index in [4.69, 9.17) is 30.4 Å². The summed E-state index contributed by atoms with van der Waals surface area (Å²) in [7, 11) is 17.1. The summed E-state index contributed by atoms with van der Waals surface area (Å²) >= 11 is 0. The zero-order valence-electron chi connectivity index (χ0n) is 63.9. The zero-order valence-corrected chi connectivity index (χ0v) is 73.5. The van der Waals surface area contributed by atoms with Crippen LogP contribution in [0.15, 0.2) is 104 Å². The van der Waals surface area contributed by atoms with Gasteiger partial charge in [0, 0.05) is 86.4 Å². The van der Waals surface area contributed by atoms with Crippen LogP contribution < -0.4 is 10.1 Å². The van der Waals surface area contributed by atoms with Crippen molar-refractivity contribution in [2.75, 3.05) is 19.0 Å². The van der Waals surface area contributed by atoms with Gasteiger partial charge < -0.3 is 43.4 Å². The standard InChI is InChI=1S/C13H4.C12H6.C11H14NO2P3.C11H4.C10H12NO2P3.C10H2.C9H12NOP3.C9H9NO.C9H11N/c1-3-5-7-9-11-13-12-10-8-6-4-2;1-3-5-7-9-11-12-10-8-6-4-2;1-7-5-10(14-2)9(6-13)8-3-4-12(11(7)8)17(15)16;1-3-5-7-9-11-10-8-6-4-2;1-6-4-9(13)8(5-12)7-2-3-11(10(6)7)16(14)15;1-3-5-7-9-10-8-6-4-2;1-6-4-8(11)5-7-2-3-10(9(6)7)14(12)13;1-6-4-8(11)5-7-2-3-10-9(6)7;1-7-3-2-4-8-5-6-10-9(7)8/h1H,2H3;1-2H3;3-6H,15-16H2,1-2H3;1H,2H3;2-5,13H,14-15H2,1H3;1-2H;2-5,11H,12-13H2,1H3;2-5,10-11H,1H3;2-4,10H,5-6H2,1H3. The lowest BCUT2D eigenvalue weighted by Crippen LogP contribution is -1.94. The monoisotopic (exact) mass is 1650 g/mol. The van der Waals surface area contributed by atoms with Gasteiger partial charge in [-0.1, -0.05) is 95.5 Å². The Balaban J connectivity index is 0.000000438. The molecule has 0 saturated carbocycles. The molecule has 9 aromatic rings. The van der Waals surface area contributed by atoms with Crippen molar-refractivity contribution < 1.29 is 29.6 Å². The third kappa shape index (κ3) is 35.5. The van der Waals surface area contributed by atoms with E-state index in [0.29, 0.717) is 34.7 Å². The Labute approximate surface area is 690 Å². The number of aryl methyl sites for hydroxylation is 5. The molecule has 1 aliphatic heterocycles. The number of H-pyrrole nitrogens is 1. The number of phenolic OH excluding ortho intramolecular Hbond substituents is 3. The summed E-state index contributed by atoms with van der Waals surface area (Å²) in [6, 6.07) is 24.9. The number of ether oxygens (including phenoxy) is 1. The number of carbonyl (C=O) groups is 2. The van der Waals surface area contributed by atoms with Crippen LogP contribution in [0.1, 0.15) is 81.8 Å². The molecule has 5 heterocycles. The predicted octanol–water partition coefficient (Wildman–Crippen LogP) is 17.1. The maximum absolute atomic E-state index is 11.2. The van der Waals surface area contributed by atoms with Crippen molar-refractivity contribution in [1.29, 1.82) is 0 Å². The van der Waals surface area contributed by atoms with E-state index in [9.17, 15) is 24.9 Å². The first-order valence-electron chi connectivity index (χ1n) is 32.8. The minimum atomic E-state index is -0.449. The Morgan fingerprint density at radius 1 is 0.421 bits per heavy atom. The van der Waals surface area contributed by atoms with E-state index in [1.807, 2.05) is 76.6 Å². The average Bonchev–Trinajstić information content (AvgIpc) is 1.61. The van der Waals surface area contributed by atoms with Gasteiger partial charge in [-0.15, -0.1) is 25.7 Å². The lowest BCUT2D eigenvalue weighted by Gasteiger charge is -2.13. The molecule has 6 unspecified atom stereocenters. The van der Waals surface area contributed by atoms with Crippen molar-refractivity contribution in [3.8, 4) is 274 Å². The molecule has 11 nitrogen and oxygen atoms in total. The van der Waals surface area contributed by atoms with Crippen molar-refractivity contribution in [2.24, 2.45) is 0 Å². The second-order valence-corrected chi connectivity index (χ2v) is 39.8. The van der Waals surface area contributed by atoms with E-state index in [1.165, 1.54) is 28.8 Å². The highest BCUT2D eigenvalue weighted by molar-refractivity contribution is 8.43. The van der Waals surface area contributed by atoms with E-state index in [2.05, 4.69) is 333 Å².